The van der Waals surface area contributed by atoms with Crippen molar-refractivity contribution in [2.75, 3.05) is 24.3 Å². The maximum Gasteiger partial charge on any atom is 0.160 e. The van der Waals surface area contributed by atoms with E-state index in [0.29, 0.717) is 23.9 Å². The molecular weight excluding hydrogens is 338 g/mol. The minimum absolute atomic E-state index is 0.407. The summed E-state index contributed by atoms with van der Waals surface area (Å²) in [4.78, 5) is 8.24. The number of nitrogens with zero attached hydrogens (tertiary/aromatic N) is 2. The number of ether oxygens (including phenoxy) is 1. The molecule has 3 aromatic rings. The Kier molecular flexibility index (Phi) is 5.58. The van der Waals surface area contributed by atoms with Gasteiger partial charge in [0.25, 0.3) is 0 Å². The molecule has 1 aromatic heterocycles. The van der Waals surface area contributed by atoms with Crippen molar-refractivity contribution in [3.63, 3.8) is 0 Å². The number of aromatic nitrogens is 2. The van der Waals surface area contributed by atoms with E-state index in [-0.39, 0.29) is 0 Å². The zero-order valence-corrected chi connectivity index (χ0v) is 14.2. The summed E-state index contributed by atoms with van der Waals surface area (Å²) in [6.07, 6.45) is 2.20. The number of hydrogen-bond acceptors (Lipinski definition) is 5. The number of anilines is 3. The van der Waals surface area contributed by atoms with E-state index in [1.54, 1.807) is 13.2 Å². The normalized spacial score (nSPS) is 10.4. The highest BCUT2D eigenvalue weighted by Gasteiger charge is 2.04. The fourth-order valence-electron chi connectivity index (χ4n) is 2.41. The SMILES string of the molecule is COc1cccc(CCNc2cc(Nc3ccc(F)c(F)c3)ncn2)c1. The van der Waals surface area contributed by atoms with Crippen LogP contribution in [0, 0.1) is 11.6 Å². The standard InChI is InChI=1S/C19H18F2N4O/c1-26-15-4-2-3-13(9-15)7-8-22-18-11-19(24-12-23-18)25-14-5-6-16(20)17(21)10-14/h2-6,9-12H,7-8H2,1H3,(H2,22,23,24,25). The van der Waals surface area contributed by atoms with Gasteiger partial charge in [0.15, 0.2) is 11.6 Å². The lowest BCUT2D eigenvalue weighted by atomic mass is 10.1. The Morgan fingerprint density at radius 3 is 2.62 bits per heavy atom. The lowest BCUT2D eigenvalue weighted by Crippen LogP contribution is -2.07. The van der Waals surface area contributed by atoms with Gasteiger partial charge in [0.05, 0.1) is 7.11 Å². The summed E-state index contributed by atoms with van der Waals surface area (Å²) in [6.45, 7) is 0.675. The fraction of sp³-hybridized carbons (Fsp3) is 0.158. The summed E-state index contributed by atoms with van der Waals surface area (Å²) in [5, 5.41) is 6.13. The molecule has 3 rings (SSSR count). The average molecular weight is 356 g/mol. The number of benzene rings is 2. The van der Waals surface area contributed by atoms with Crippen molar-refractivity contribution in [2.24, 2.45) is 0 Å². The molecule has 2 aromatic carbocycles. The van der Waals surface area contributed by atoms with Gasteiger partial charge in [-0.2, -0.15) is 0 Å². The molecule has 0 unspecified atom stereocenters. The van der Waals surface area contributed by atoms with Crippen molar-refractivity contribution in [1.29, 1.82) is 0 Å². The largest absolute Gasteiger partial charge is 0.497 e. The van der Waals surface area contributed by atoms with Crippen LogP contribution in [-0.4, -0.2) is 23.6 Å². The van der Waals surface area contributed by atoms with E-state index in [0.717, 1.165) is 29.9 Å². The molecule has 0 saturated carbocycles. The highest BCUT2D eigenvalue weighted by Crippen LogP contribution is 2.19. The molecule has 1 heterocycles. The zero-order chi connectivity index (χ0) is 18.4. The Balaban J connectivity index is 1.59. The third-order valence-electron chi connectivity index (χ3n) is 3.71. The Hall–Kier alpha value is -3.22. The molecule has 0 aliphatic rings. The van der Waals surface area contributed by atoms with Gasteiger partial charge in [-0.25, -0.2) is 18.7 Å². The first-order valence-electron chi connectivity index (χ1n) is 8.05. The highest BCUT2D eigenvalue weighted by atomic mass is 19.2. The van der Waals surface area contributed by atoms with Crippen molar-refractivity contribution in [2.45, 2.75) is 6.42 Å². The molecular formula is C19H18F2N4O. The highest BCUT2D eigenvalue weighted by molar-refractivity contribution is 5.58. The van der Waals surface area contributed by atoms with Gasteiger partial charge in [-0.1, -0.05) is 12.1 Å². The second kappa shape index (κ2) is 8.24. The molecule has 134 valence electrons. The predicted molar refractivity (Wildman–Crippen MR) is 96.9 cm³/mol. The zero-order valence-electron chi connectivity index (χ0n) is 14.2. The van der Waals surface area contributed by atoms with Gasteiger partial charge in [0.2, 0.25) is 0 Å². The second-order valence-corrected chi connectivity index (χ2v) is 5.57. The van der Waals surface area contributed by atoms with Crippen LogP contribution in [0.2, 0.25) is 0 Å². The Morgan fingerprint density at radius 1 is 0.962 bits per heavy atom. The molecule has 0 saturated heterocycles. The molecule has 7 heteroatoms. The van der Waals surface area contributed by atoms with Crippen LogP contribution in [0.1, 0.15) is 5.56 Å². The van der Waals surface area contributed by atoms with Crippen LogP contribution in [0.5, 0.6) is 5.75 Å². The van der Waals surface area contributed by atoms with Gasteiger partial charge in [-0.05, 0) is 36.2 Å². The van der Waals surface area contributed by atoms with Gasteiger partial charge in [-0.3, -0.25) is 0 Å². The summed E-state index contributed by atoms with van der Waals surface area (Å²) in [7, 11) is 1.64. The first-order valence-corrected chi connectivity index (χ1v) is 8.05. The first kappa shape index (κ1) is 17.6. The van der Waals surface area contributed by atoms with Crippen LogP contribution in [0.25, 0.3) is 0 Å². The van der Waals surface area contributed by atoms with Crippen molar-refractivity contribution < 1.29 is 13.5 Å². The molecule has 26 heavy (non-hydrogen) atoms. The second-order valence-electron chi connectivity index (χ2n) is 5.57. The summed E-state index contributed by atoms with van der Waals surface area (Å²) < 4.78 is 31.5. The Morgan fingerprint density at radius 2 is 1.81 bits per heavy atom. The van der Waals surface area contributed by atoms with E-state index in [2.05, 4.69) is 20.6 Å². The maximum atomic E-state index is 13.3. The molecule has 0 radical (unpaired) electrons. The van der Waals surface area contributed by atoms with Crippen molar-refractivity contribution in [3.05, 3.63) is 72.1 Å². The summed E-state index contributed by atoms with van der Waals surface area (Å²) in [5.41, 5.74) is 1.55. The van der Waals surface area contributed by atoms with Crippen LogP contribution in [0.3, 0.4) is 0 Å². The van der Waals surface area contributed by atoms with E-state index in [4.69, 9.17) is 4.74 Å². The summed E-state index contributed by atoms with van der Waals surface area (Å²) >= 11 is 0. The monoisotopic (exact) mass is 356 g/mol. The van der Waals surface area contributed by atoms with E-state index in [1.165, 1.54) is 12.4 Å². The molecule has 0 aliphatic heterocycles. The summed E-state index contributed by atoms with van der Waals surface area (Å²) in [5.74, 6) is 0.129. The molecule has 2 N–H and O–H groups in total. The van der Waals surface area contributed by atoms with E-state index in [1.807, 2.05) is 24.3 Å². The number of methoxy groups -OCH3 is 1. The van der Waals surface area contributed by atoms with Crippen molar-refractivity contribution in [1.82, 2.24) is 9.97 Å². The van der Waals surface area contributed by atoms with Gasteiger partial charge in [0.1, 0.15) is 23.7 Å². The third-order valence-corrected chi connectivity index (χ3v) is 3.71. The number of hydrogen-bond donors (Lipinski definition) is 2. The van der Waals surface area contributed by atoms with Gasteiger partial charge in [0, 0.05) is 24.4 Å². The van der Waals surface area contributed by atoms with Crippen LogP contribution >= 0.6 is 0 Å². The van der Waals surface area contributed by atoms with E-state index in [9.17, 15) is 8.78 Å². The molecule has 0 fully saturated rings. The topological polar surface area (TPSA) is 59.1 Å². The Labute approximate surface area is 150 Å². The van der Waals surface area contributed by atoms with Crippen molar-refractivity contribution >= 4 is 17.3 Å². The number of nitrogens with one attached hydrogen (secondary N) is 2. The number of rotatable bonds is 7. The van der Waals surface area contributed by atoms with E-state index >= 15 is 0 Å². The maximum absolute atomic E-state index is 13.3. The predicted octanol–water partition coefficient (Wildman–Crippen LogP) is 4.16. The van der Waals surface area contributed by atoms with Crippen LogP contribution < -0.4 is 15.4 Å². The molecule has 0 aliphatic carbocycles. The third kappa shape index (κ3) is 4.66. The minimum atomic E-state index is -0.916. The molecule has 0 bridgehead atoms. The smallest absolute Gasteiger partial charge is 0.160 e. The lowest BCUT2D eigenvalue weighted by Gasteiger charge is -2.09. The average Bonchev–Trinajstić information content (AvgIpc) is 2.65. The lowest BCUT2D eigenvalue weighted by molar-refractivity contribution is 0.414. The molecule has 0 spiro atoms. The first-order chi connectivity index (χ1) is 12.6. The van der Waals surface area contributed by atoms with Gasteiger partial charge < -0.3 is 15.4 Å². The van der Waals surface area contributed by atoms with Gasteiger partial charge in [-0.15, -0.1) is 0 Å². The molecule has 5 nitrogen and oxygen atoms in total. The van der Waals surface area contributed by atoms with Crippen molar-refractivity contribution in [3.8, 4) is 5.75 Å². The van der Waals surface area contributed by atoms with Crippen LogP contribution in [0.15, 0.2) is 54.9 Å². The van der Waals surface area contributed by atoms with Crippen LogP contribution in [0.4, 0.5) is 26.1 Å². The summed E-state index contributed by atoms with van der Waals surface area (Å²) in [6, 6.07) is 13.1. The van der Waals surface area contributed by atoms with Gasteiger partial charge >= 0.3 is 0 Å². The fourth-order valence-corrected chi connectivity index (χ4v) is 2.41. The quantitative estimate of drug-likeness (QED) is 0.666. The van der Waals surface area contributed by atoms with E-state index < -0.39 is 11.6 Å². The molecule has 0 amide bonds. The number of halogens is 2. The Bertz CT molecular complexity index is 889. The van der Waals surface area contributed by atoms with Crippen LogP contribution in [-0.2, 0) is 6.42 Å². The molecule has 0 atom stereocenters. The minimum Gasteiger partial charge on any atom is -0.497 e.